The normalized spacial score (nSPS) is 14.4. The van der Waals surface area contributed by atoms with Gasteiger partial charge in [-0.25, -0.2) is 0 Å². The molecule has 1 aromatic heterocycles. The van der Waals surface area contributed by atoms with Crippen LogP contribution in [0, 0.1) is 0 Å². The molecule has 13 rings (SSSR count). The molecule has 0 fully saturated rings. The predicted molar refractivity (Wildman–Crippen MR) is 282 cm³/mol. The van der Waals surface area contributed by atoms with Crippen molar-refractivity contribution >= 4 is 62.2 Å². The number of para-hydroxylation sites is 1. The van der Waals surface area contributed by atoms with Gasteiger partial charge in [-0.3, -0.25) is 0 Å². The number of nitrogens with one attached hydrogen (secondary N) is 1. The maximum absolute atomic E-state index is 3.92. The van der Waals surface area contributed by atoms with Gasteiger partial charge in [0.15, 0.2) is 7.28 Å². The Balaban J connectivity index is 1.11. The molecule has 2 aliphatic carbocycles. The number of aromatic nitrogens is 1. The Morgan fingerprint density at radius 2 is 1.18 bits per heavy atom. The van der Waals surface area contributed by atoms with E-state index in [4.69, 9.17) is 0 Å². The topological polar surface area (TPSA) is 17.0 Å². The summed E-state index contributed by atoms with van der Waals surface area (Å²) in [7, 11) is 2.52. The van der Waals surface area contributed by atoms with Crippen LogP contribution in [-0.4, -0.2) is 11.8 Å². The number of unbranched alkanes of at least 4 members (excludes halogenated alkanes) is 2. The van der Waals surface area contributed by atoms with Crippen molar-refractivity contribution in [3.63, 3.8) is 0 Å². The number of fused-ring (bicyclic) bond motifs is 13. The molecule has 3 aliphatic rings. The molecule has 2 nitrogen and oxygen atoms in total. The van der Waals surface area contributed by atoms with Crippen LogP contribution in [0.4, 0.5) is 11.4 Å². The van der Waals surface area contributed by atoms with Crippen LogP contribution in [0.25, 0.3) is 82.8 Å². The Bertz CT molecular complexity index is 3660. The summed E-state index contributed by atoms with van der Waals surface area (Å²) >= 11 is 0. The van der Waals surface area contributed by atoms with Gasteiger partial charge in [0.25, 0.3) is 0 Å². The smallest absolute Gasteiger partial charge is 0.197 e. The minimum atomic E-state index is -0.130. The number of benzene rings is 9. The lowest BCUT2D eigenvalue weighted by molar-refractivity contribution is 0.660. The molecular formula is C63H52BN2. The third-order valence-electron chi connectivity index (χ3n) is 15.6. The van der Waals surface area contributed by atoms with Crippen LogP contribution in [0.2, 0.25) is 0 Å². The molecule has 0 saturated carbocycles. The van der Waals surface area contributed by atoms with E-state index in [-0.39, 0.29) is 10.8 Å². The van der Waals surface area contributed by atoms with Crippen molar-refractivity contribution in [1.82, 2.24) is 4.57 Å². The predicted octanol–water partition coefficient (Wildman–Crippen LogP) is 15.3. The van der Waals surface area contributed by atoms with E-state index >= 15 is 0 Å². The Morgan fingerprint density at radius 1 is 0.515 bits per heavy atom. The fourth-order valence-corrected chi connectivity index (χ4v) is 12.3. The van der Waals surface area contributed by atoms with Crippen LogP contribution in [-0.2, 0) is 17.3 Å². The lowest BCUT2D eigenvalue weighted by atomic mass is 9.58. The standard InChI is InChI=1S/C63H52BN2/c1-6-7-8-17-38-26-30-41(31-27-38)65-55-25-16-13-22-46(55)49-35-47(40-28-32-45-43-20-11-14-23-50(43)62(2,3)52(45)34-40)59-58-42-19-10-9-18-39(42)29-33-56(58)66-57-36-48-44-21-12-15-24-51(44)63(4,5)53(48)37-54(57)64-60(49)61(59)66/h9-16,18-37,65H,6-8,17H2,1-5H3. The van der Waals surface area contributed by atoms with Crippen molar-refractivity contribution in [2.75, 3.05) is 5.32 Å². The summed E-state index contributed by atoms with van der Waals surface area (Å²) in [5.74, 6) is 0. The molecule has 1 N–H and O–H groups in total. The van der Waals surface area contributed by atoms with Gasteiger partial charge in [0, 0.05) is 49.7 Å². The molecule has 3 heteroatoms. The molecule has 1 radical (unpaired) electrons. The molecule has 0 amide bonds. The summed E-state index contributed by atoms with van der Waals surface area (Å²) in [6.07, 6.45) is 4.85. The summed E-state index contributed by atoms with van der Waals surface area (Å²) in [5, 5.41) is 9.07. The Labute approximate surface area is 389 Å². The van der Waals surface area contributed by atoms with E-state index in [9.17, 15) is 0 Å². The highest BCUT2D eigenvalue weighted by Gasteiger charge is 2.39. The minimum absolute atomic E-state index is 0.116. The number of nitrogens with zero attached hydrogens (tertiary/aromatic N) is 1. The fraction of sp³-hybridized carbons (Fsp3) is 0.175. The van der Waals surface area contributed by atoms with Gasteiger partial charge in [-0.05, 0) is 138 Å². The molecular weight excluding hydrogens is 796 g/mol. The van der Waals surface area contributed by atoms with Crippen LogP contribution in [0.1, 0.15) is 81.7 Å². The van der Waals surface area contributed by atoms with Gasteiger partial charge < -0.3 is 9.88 Å². The molecule has 317 valence electrons. The van der Waals surface area contributed by atoms with E-state index in [2.05, 4.69) is 222 Å². The quantitative estimate of drug-likeness (QED) is 0.119. The van der Waals surface area contributed by atoms with Crippen LogP contribution in [0.15, 0.2) is 170 Å². The van der Waals surface area contributed by atoms with Crippen LogP contribution in [0.3, 0.4) is 0 Å². The van der Waals surface area contributed by atoms with E-state index < -0.39 is 0 Å². The molecule has 0 unspecified atom stereocenters. The van der Waals surface area contributed by atoms with E-state index in [0.29, 0.717) is 0 Å². The first kappa shape index (κ1) is 39.3. The van der Waals surface area contributed by atoms with Crippen molar-refractivity contribution in [2.24, 2.45) is 0 Å². The lowest BCUT2D eigenvalue weighted by Gasteiger charge is -2.28. The van der Waals surface area contributed by atoms with E-state index in [0.717, 1.165) is 17.8 Å². The third-order valence-corrected chi connectivity index (χ3v) is 15.6. The second-order valence-electron chi connectivity index (χ2n) is 20.2. The highest BCUT2D eigenvalue weighted by atomic mass is 15.0. The van der Waals surface area contributed by atoms with Crippen molar-refractivity contribution in [3.8, 4) is 50.2 Å². The third kappa shape index (κ3) is 5.62. The number of aryl methyl sites for hydroxylation is 1. The van der Waals surface area contributed by atoms with Gasteiger partial charge >= 0.3 is 0 Å². The second kappa shape index (κ2) is 14.5. The Morgan fingerprint density at radius 3 is 1.95 bits per heavy atom. The van der Waals surface area contributed by atoms with Gasteiger partial charge in [0.2, 0.25) is 0 Å². The summed E-state index contributed by atoms with van der Waals surface area (Å²) in [4.78, 5) is 0. The Hall–Kier alpha value is -7.10. The van der Waals surface area contributed by atoms with E-state index in [1.54, 1.807) is 0 Å². The second-order valence-corrected chi connectivity index (χ2v) is 20.2. The molecule has 66 heavy (non-hydrogen) atoms. The number of hydrogen-bond acceptors (Lipinski definition) is 1. The number of rotatable bonds is 8. The summed E-state index contributed by atoms with van der Waals surface area (Å²) in [6, 6.07) is 64.6. The number of anilines is 2. The molecule has 0 spiro atoms. The molecule has 0 atom stereocenters. The van der Waals surface area contributed by atoms with Gasteiger partial charge in [-0.1, -0.05) is 180 Å². The fourth-order valence-electron chi connectivity index (χ4n) is 12.3. The molecule has 1 aliphatic heterocycles. The van der Waals surface area contributed by atoms with Gasteiger partial charge in [0.05, 0.1) is 5.52 Å². The molecule has 2 heterocycles. The SMILES string of the molecule is CCCCCc1ccc(Nc2ccccc2-c2cc(-c3ccc4c(c3)C(C)(C)c3ccccc3-4)c3c4c5ccccc5ccc4n4c3c2[B]c2cc3c(cc2-4)-c2ccccc2C3(C)C)cc1. The zero-order valence-electron chi connectivity index (χ0n) is 38.5. The molecule has 9 aromatic carbocycles. The highest BCUT2D eigenvalue weighted by molar-refractivity contribution is 6.74. The first-order valence-corrected chi connectivity index (χ1v) is 24.1. The maximum atomic E-state index is 3.92. The molecule has 0 bridgehead atoms. The first-order chi connectivity index (χ1) is 32.2. The molecule has 0 saturated heterocycles. The average Bonchev–Trinajstić information content (AvgIpc) is 3.90. The summed E-state index contributed by atoms with van der Waals surface area (Å²) in [6.45, 7) is 11.8. The van der Waals surface area contributed by atoms with Crippen LogP contribution in [0.5, 0.6) is 0 Å². The van der Waals surface area contributed by atoms with Crippen molar-refractivity contribution in [1.29, 1.82) is 0 Å². The minimum Gasteiger partial charge on any atom is -0.355 e. The maximum Gasteiger partial charge on any atom is 0.197 e. The van der Waals surface area contributed by atoms with Gasteiger partial charge in [-0.2, -0.15) is 0 Å². The van der Waals surface area contributed by atoms with E-state index in [1.807, 2.05) is 0 Å². The summed E-state index contributed by atoms with van der Waals surface area (Å²) in [5.41, 5.74) is 25.4. The van der Waals surface area contributed by atoms with E-state index in [1.165, 1.54) is 141 Å². The monoisotopic (exact) mass is 847 g/mol. The highest BCUT2D eigenvalue weighted by Crippen LogP contribution is 2.53. The van der Waals surface area contributed by atoms with Crippen molar-refractivity contribution < 1.29 is 0 Å². The van der Waals surface area contributed by atoms with Crippen LogP contribution < -0.4 is 16.2 Å². The zero-order valence-corrected chi connectivity index (χ0v) is 38.5. The largest absolute Gasteiger partial charge is 0.355 e. The summed E-state index contributed by atoms with van der Waals surface area (Å²) < 4.78 is 2.63. The van der Waals surface area contributed by atoms with Gasteiger partial charge in [0.1, 0.15) is 0 Å². The molecule has 10 aromatic rings. The first-order valence-electron chi connectivity index (χ1n) is 24.1. The zero-order chi connectivity index (χ0) is 44.5. The number of hydrogen-bond donors (Lipinski definition) is 1. The van der Waals surface area contributed by atoms with Gasteiger partial charge in [-0.15, -0.1) is 0 Å². The van der Waals surface area contributed by atoms with Crippen molar-refractivity contribution in [3.05, 3.63) is 198 Å². The van der Waals surface area contributed by atoms with Crippen molar-refractivity contribution in [2.45, 2.75) is 71.1 Å². The average molecular weight is 848 g/mol. The van der Waals surface area contributed by atoms with Crippen LogP contribution >= 0.6 is 0 Å². The Kier molecular flexibility index (Phi) is 8.60. The lowest BCUT2D eigenvalue weighted by Crippen LogP contribution is -2.38.